The van der Waals surface area contributed by atoms with Gasteiger partial charge in [0.05, 0.1) is 17.3 Å². The number of fused-ring (bicyclic) bond motifs is 2. The zero-order chi connectivity index (χ0) is 11.5. The van der Waals surface area contributed by atoms with Crippen LogP contribution < -0.4 is 11.1 Å². The quantitative estimate of drug-likeness (QED) is 0.589. The van der Waals surface area contributed by atoms with Crippen LogP contribution in [0.25, 0.3) is 0 Å². The first-order valence-corrected chi connectivity index (χ1v) is 5.71. The molecule has 3 amide bonds. The van der Waals surface area contributed by atoms with E-state index in [9.17, 15) is 14.4 Å². The molecule has 16 heavy (non-hydrogen) atoms. The van der Waals surface area contributed by atoms with Crippen molar-refractivity contribution in [2.45, 2.75) is 25.7 Å². The third-order valence-electron chi connectivity index (χ3n) is 4.71. The van der Waals surface area contributed by atoms with Crippen LogP contribution in [0.1, 0.15) is 25.7 Å². The van der Waals surface area contributed by atoms with Crippen LogP contribution in [-0.4, -0.2) is 17.7 Å². The standard InChI is InChI=1S/C11H14N2O3/c12-10(16)11-3-1-5(2-4-11)6-7(11)9(15)13-8(6)14/h5-7H,1-4H2,(H2,12,16)(H,13,14,15)/t5?,6-,7-,11?/m1/s1. The highest BCUT2D eigenvalue weighted by Crippen LogP contribution is 2.58. The summed E-state index contributed by atoms with van der Waals surface area (Å²) < 4.78 is 0. The fraction of sp³-hybridized carbons (Fsp3) is 0.727. The lowest BCUT2D eigenvalue weighted by molar-refractivity contribution is -0.153. The minimum Gasteiger partial charge on any atom is -0.369 e. The Hall–Kier alpha value is -1.39. The number of carbonyl (C=O) groups is 3. The Morgan fingerprint density at radius 2 is 1.88 bits per heavy atom. The number of rotatable bonds is 1. The molecule has 4 fully saturated rings. The van der Waals surface area contributed by atoms with Crippen LogP contribution in [0.4, 0.5) is 0 Å². The smallest absolute Gasteiger partial charge is 0.231 e. The molecular weight excluding hydrogens is 208 g/mol. The van der Waals surface area contributed by atoms with Gasteiger partial charge in [-0.05, 0) is 31.6 Å². The molecule has 5 nitrogen and oxygen atoms in total. The Labute approximate surface area is 92.7 Å². The van der Waals surface area contributed by atoms with Gasteiger partial charge in [-0.25, -0.2) is 0 Å². The largest absolute Gasteiger partial charge is 0.369 e. The van der Waals surface area contributed by atoms with E-state index in [1.54, 1.807) is 0 Å². The maximum atomic E-state index is 11.8. The van der Waals surface area contributed by atoms with Gasteiger partial charge in [-0.15, -0.1) is 0 Å². The number of hydrogen-bond acceptors (Lipinski definition) is 3. The first-order chi connectivity index (χ1) is 7.56. The van der Waals surface area contributed by atoms with Crippen LogP contribution >= 0.6 is 0 Å². The molecule has 3 saturated carbocycles. The third-order valence-corrected chi connectivity index (χ3v) is 4.71. The zero-order valence-corrected chi connectivity index (χ0v) is 8.86. The van der Waals surface area contributed by atoms with E-state index >= 15 is 0 Å². The highest BCUT2D eigenvalue weighted by Gasteiger charge is 2.64. The molecule has 0 aromatic heterocycles. The van der Waals surface area contributed by atoms with Crippen LogP contribution in [0.2, 0.25) is 0 Å². The third kappa shape index (κ3) is 0.936. The number of amides is 3. The average molecular weight is 222 g/mol. The molecule has 0 radical (unpaired) electrons. The zero-order valence-electron chi connectivity index (χ0n) is 8.86. The van der Waals surface area contributed by atoms with Crippen LogP contribution in [0, 0.1) is 23.2 Å². The van der Waals surface area contributed by atoms with Crippen LogP contribution in [0.15, 0.2) is 0 Å². The molecule has 4 rings (SSSR count). The maximum absolute atomic E-state index is 11.8. The van der Waals surface area contributed by atoms with Gasteiger partial charge in [0.1, 0.15) is 0 Å². The number of carbonyl (C=O) groups excluding carboxylic acids is 3. The van der Waals surface area contributed by atoms with E-state index in [4.69, 9.17) is 5.73 Å². The first-order valence-electron chi connectivity index (χ1n) is 5.71. The van der Waals surface area contributed by atoms with Crippen molar-refractivity contribution in [3.8, 4) is 0 Å². The summed E-state index contributed by atoms with van der Waals surface area (Å²) in [6.45, 7) is 0. The Bertz CT molecular complexity index is 396. The van der Waals surface area contributed by atoms with E-state index in [0.29, 0.717) is 12.8 Å². The molecule has 0 aromatic rings. The van der Waals surface area contributed by atoms with Gasteiger partial charge in [-0.2, -0.15) is 0 Å². The van der Waals surface area contributed by atoms with E-state index in [0.717, 1.165) is 12.8 Å². The van der Waals surface area contributed by atoms with Gasteiger partial charge in [0.15, 0.2) is 0 Å². The van der Waals surface area contributed by atoms with Gasteiger partial charge < -0.3 is 5.73 Å². The molecule has 86 valence electrons. The lowest BCUT2D eigenvalue weighted by Gasteiger charge is -2.50. The number of hydrogen-bond donors (Lipinski definition) is 2. The Kier molecular flexibility index (Phi) is 1.74. The highest BCUT2D eigenvalue weighted by atomic mass is 16.2. The lowest BCUT2D eigenvalue weighted by atomic mass is 9.51. The van der Waals surface area contributed by atoms with Crippen molar-refractivity contribution < 1.29 is 14.4 Å². The summed E-state index contributed by atoms with van der Waals surface area (Å²) in [5.41, 5.74) is 4.72. The van der Waals surface area contributed by atoms with Crippen molar-refractivity contribution >= 4 is 17.7 Å². The van der Waals surface area contributed by atoms with E-state index in [1.807, 2.05) is 0 Å². The topological polar surface area (TPSA) is 89.3 Å². The molecule has 5 heteroatoms. The van der Waals surface area contributed by atoms with Gasteiger partial charge in [0.25, 0.3) is 0 Å². The number of nitrogens with one attached hydrogen (secondary N) is 1. The second-order valence-electron chi connectivity index (χ2n) is 5.21. The summed E-state index contributed by atoms with van der Waals surface area (Å²) in [6.07, 6.45) is 3.00. The maximum Gasteiger partial charge on any atom is 0.231 e. The average Bonchev–Trinajstić information content (AvgIpc) is 2.58. The first kappa shape index (κ1) is 9.81. The molecule has 1 heterocycles. The van der Waals surface area contributed by atoms with E-state index in [2.05, 4.69) is 5.32 Å². The summed E-state index contributed by atoms with van der Waals surface area (Å²) in [4.78, 5) is 35.1. The van der Waals surface area contributed by atoms with Crippen molar-refractivity contribution in [2.75, 3.05) is 0 Å². The van der Waals surface area contributed by atoms with Crippen molar-refractivity contribution in [1.82, 2.24) is 5.32 Å². The van der Waals surface area contributed by atoms with E-state index in [1.165, 1.54) is 0 Å². The van der Waals surface area contributed by atoms with Gasteiger partial charge in [-0.3, -0.25) is 19.7 Å². The van der Waals surface area contributed by atoms with Crippen molar-refractivity contribution in [1.29, 1.82) is 0 Å². The minimum absolute atomic E-state index is 0.204. The van der Waals surface area contributed by atoms with Gasteiger partial charge >= 0.3 is 0 Å². The minimum atomic E-state index is -0.754. The molecule has 0 aromatic carbocycles. The number of primary amides is 1. The highest BCUT2D eigenvalue weighted by molar-refractivity contribution is 6.08. The SMILES string of the molecule is NC(=O)C12CCC(CC1)[C@H]1C(=O)NC(=O)[C@@H]12. The molecule has 2 atom stereocenters. The van der Waals surface area contributed by atoms with Crippen molar-refractivity contribution in [3.05, 3.63) is 0 Å². The molecule has 0 unspecified atom stereocenters. The fourth-order valence-electron chi connectivity index (χ4n) is 3.90. The summed E-state index contributed by atoms with van der Waals surface area (Å²) >= 11 is 0. The second kappa shape index (κ2) is 2.84. The van der Waals surface area contributed by atoms with Crippen molar-refractivity contribution in [2.24, 2.45) is 28.9 Å². The van der Waals surface area contributed by atoms with Crippen LogP contribution in [0.3, 0.4) is 0 Å². The van der Waals surface area contributed by atoms with Gasteiger partial charge in [0, 0.05) is 0 Å². The molecule has 2 bridgehead atoms. The van der Waals surface area contributed by atoms with Crippen molar-refractivity contribution in [3.63, 3.8) is 0 Å². The van der Waals surface area contributed by atoms with Gasteiger partial charge in [0.2, 0.25) is 17.7 Å². The normalized spacial score (nSPS) is 45.4. The van der Waals surface area contributed by atoms with Crippen LogP contribution in [0.5, 0.6) is 0 Å². The fourth-order valence-corrected chi connectivity index (χ4v) is 3.90. The molecule has 4 aliphatic rings. The van der Waals surface area contributed by atoms with Crippen LogP contribution in [-0.2, 0) is 14.4 Å². The Morgan fingerprint density at radius 1 is 1.25 bits per heavy atom. The Morgan fingerprint density at radius 3 is 2.44 bits per heavy atom. The molecule has 3 N–H and O–H groups in total. The molecule has 3 aliphatic carbocycles. The van der Waals surface area contributed by atoms with E-state index in [-0.39, 0.29) is 23.7 Å². The number of imide groups is 1. The molecule has 1 saturated heterocycles. The van der Waals surface area contributed by atoms with Gasteiger partial charge in [-0.1, -0.05) is 0 Å². The molecule has 0 spiro atoms. The lowest BCUT2D eigenvalue weighted by Crippen LogP contribution is -2.56. The predicted octanol–water partition coefficient (Wildman–Crippen LogP) is -0.449. The second-order valence-corrected chi connectivity index (χ2v) is 5.21. The monoisotopic (exact) mass is 222 g/mol. The summed E-state index contributed by atoms with van der Waals surface area (Å²) in [5.74, 6) is -1.45. The number of nitrogens with two attached hydrogens (primary N) is 1. The summed E-state index contributed by atoms with van der Waals surface area (Å²) in [7, 11) is 0. The molecular formula is C11H14N2O3. The Balaban J connectivity index is 2.10. The molecule has 1 aliphatic heterocycles. The van der Waals surface area contributed by atoms with E-state index < -0.39 is 17.2 Å². The summed E-state index contributed by atoms with van der Waals surface area (Å²) in [5, 5.41) is 2.35. The summed E-state index contributed by atoms with van der Waals surface area (Å²) in [6, 6.07) is 0. The predicted molar refractivity (Wildman–Crippen MR) is 53.7 cm³/mol.